The lowest BCUT2D eigenvalue weighted by Crippen LogP contribution is -1.74. The number of allylic oxidation sites excluding steroid dienone is 6. The molecule has 0 saturated carbocycles. The Morgan fingerprint density at radius 2 is 2.23 bits per heavy atom. The lowest BCUT2D eigenvalue weighted by Gasteiger charge is -1.89. The van der Waals surface area contributed by atoms with E-state index in [1.165, 1.54) is 12.2 Å². The van der Waals surface area contributed by atoms with Gasteiger partial charge in [0.15, 0.2) is 0 Å². The van der Waals surface area contributed by atoms with Crippen LogP contribution in [0.3, 0.4) is 0 Å². The van der Waals surface area contributed by atoms with Gasteiger partial charge < -0.3 is 0 Å². The van der Waals surface area contributed by atoms with E-state index < -0.39 is 0 Å². The summed E-state index contributed by atoms with van der Waals surface area (Å²) in [5.74, 6) is -0.337. The van der Waals surface area contributed by atoms with Crippen LogP contribution in [0.5, 0.6) is 0 Å². The first-order chi connectivity index (χ1) is 6.24. The maximum atomic E-state index is 13.0. The molecule has 0 aliphatic heterocycles. The normalized spacial score (nSPS) is 13.4. The molecule has 2 heteroatoms. The molecule has 0 bridgehead atoms. The van der Waals surface area contributed by atoms with Crippen molar-refractivity contribution in [2.75, 3.05) is 0 Å². The Hall–Kier alpha value is -1.36. The number of rotatable bonds is 4. The summed E-state index contributed by atoms with van der Waals surface area (Å²) in [5.41, 5.74) is 0.340. The largest absolute Gasteiger partial charge is 0.207 e. The van der Waals surface area contributed by atoms with Crippen molar-refractivity contribution >= 4 is 0 Å². The van der Waals surface area contributed by atoms with Gasteiger partial charge in [-0.3, -0.25) is 0 Å². The van der Waals surface area contributed by atoms with Crippen LogP contribution < -0.4 is 0 Å². The average Bonchev–Trinajstić information content (AvgIpc) is 2.14. The monoisotopic (exact) mass is 179 g/mol. The molecule has 1 nitrogen and oxygen atoms in total. The maximum absolute atomic E-state index is 13.0. The lowest BCUT2D eigenvalue weighted by atomic mass is 10.2. The molecular formula is C11H14FN. The molecule has 0 saturated heterocycles. The minimum absolute atomic E-state index is 0.337. The van der Waals surface area contributed by atoms with E-state index in [0.29, 0.717) is 12.0 Å². The van der Waals surface area contributed by atoms with Gasteiger partial charge in [-0.2, -0.15) is 5.26 Å². The number of nitriles is 1. The Morgan fingerprint density at radius 1 is 1.54 bits per heavy atom. The summed E-state index contributed by atoms with van der Waals surface area (Å²) in [6.45, 7) is 3.77. The van der Waals surface area contributed by atoms with Crippen molar-refractivity contribution < 1.29 is 4.39 Å². The molecule has 0 rings (SSSR count). The van der Waals surface area contributed by atoms with E-state index in [1.54, 1.807) is 19.1 Å². The third-order valence-corrected chi connectivity index (χ3v) is 1.40. The highest BCUT2D eigenvalue weighted by Crippen LogP contribution is 2.07. The summed E-state index contributed by atoms with van der Waals surface area (Å²) < 4.78 is 13.0. The van der Waals surface area contributed by atoms with E-state index in [0.717, 1.165) is 6.42 Å². The van der Waals surface area contributed by atoms with Gasteiger partial charge in [-0.25, -0.2) is 4.39 Å². The highest BCUT2D eigenvalue weighted by Gasteiger charge is 1.92. The zero-order valence-electron chi connectivity index (χ0n) is 8.05. The summed E-state index contributed by atoms with van der Waals surface area (Å²) in [6.07, 6.45) is 7.64. The van der Waals surface area contributed by atoms with Crippen molar-refractivity contribution in [3.8, 4) is 6.07 Å². The van der Waals surface area contributed by atoms with Crippen LogP contribution in [0, 0.1) is 11.3 Å². The molecule has 0 atom stereocenters. The molecule has 0 fully saturated rings. The van der Waals surface area contributed by atoms with E-state index in [2.05, 4.69) is 0 Å². The van der Waals surface area contributed by atoms with Crippen LogP contribution in [-0.2, 0) is 0 Å². The molecule has 70 valence electrons. The Labute approximate surface area is 78.9 Å². The number of nitrogens with zero attached hydrogens (tertiary/aromatic N) is 1. The van der Waals surface area contributed by atoms with Crippen molar-refractivity contribution in [1.29, 1.82) is 5.26 Å². The molecule has 0 aromatic heterocycles. The predicted molar refractivity (Wildman–Crippen MR) is 52.6 cm³/mol. The van der Waals surface area contributed by atoms with Crippen LogP contribution in [0.4, 0.5) is 4.39 Å². The van der Waals surface area contributed by atoms with Crippen molar-refractivity contribution in [1.82, 2.24) is 0 Å². The molecular weight excluding hydrogens is 165 g/mol. The second-order valence-electron chi connectivity index (χ2n) is 2.59. The highest BCUT2D eigenvalue weighted by molar-refractivity contribution is 5.37. The van der Waals surface area contributed by atoms with Gasteiger partial charge in [-0.05, 0) is 31.6 Å². The van der Waals surface area contributed by atoms with Gasteiger partial charge >= 0.3 is 0 Å². The minimum atomic E-state index is -0.337. The van der Waals surface area contributed by atoms with Gasteiger partial charge in [-0.15, -0.1) is 0 Å². The first kappa shape index (κ1) is 11.6. The quantitative estimate of drug-likeness (QED) is 0.477. The molecule has 0 unspecified atom stereocenters. The summed E-state index contributed by atoms with van der Waals surface area (Å²) in [6, 6.07) is 1.90. The molecule has 0 heterocycles. The topological polar surface area (TPSA) is 23.8 Å². The SMILES string of the molecule is C\C=C/C(C#N)=C\C(F)=C\CCC. The molecule has 0 aliphatic rings. The average molecular weight is 179 g/mol. The second kappa shape index (κ2) is 7.30. The van der Waals surface area contributed by atoms with E-state index in [-0.39, 0.29) is 5.83 Å². The van der Waals surface area contributed by atoms with Crippen molar-refractivity contribution in [2.24, 2.45) is 0 Å². The maximum Gasteiger partial charge on any atom is 0.120 e. The zero-order chi connectivity index (χ0) is 10.1. The number of hydrogen-bond acceptors (Lipinski definition) is 1. The molecule has 0 radical (unpaired) electrons. The van der Waals surface area contributed by atoms with Crippen LogP contribution in [0.25, 0.3) is 0 Å². The standard InChI is InChI=1S/C11H14FN/c1-3-5-7-11(12)8-10(9-13)6-4-2/h4,6-8H,3,5H2,1-2H3/b6-4-,10-8+,11-7-. The number of unbranched alkanes of at least 4 members (excludes halogenated alkanes) is 1. The predicted octanol–water partition coefficient (Wildman–Crippen LogP) is 3.67. The van der Waals surface area contributed by atoms with Gasteiger partial charge in [0, 0.05) is 0 Å². The smallest absolute Gasteiger partial charge is 0.120 e. The molecule has 0 aromatic rings. The Morgan fingerprint density at radius 3 is 2.69 bits per heavy atom. The lowest BCUT2D eigenvalue weighted by molar-refractivity contribution is 0.657. The fraction of sp³-hybridized carbons (Fsp3) is 0.364. The summed E-state index contributed by atoms with van der Waals surface area (Å²) in [4.78, 5) is 0. The molecule has 0 aliphatic carbocycles. The van der Waals surface area contributed by atoms with Crippen molar-refractivity contribution in [3.05, 3.63) is 35.7 Å². The number of hydrogen-bond donors (Lipinski definition) is 0. The van der Waals surface area contributed by atoms with Gasteiger partial charge in [0.1, 0.15) is 5.83 Å². The molecule has 13 heavy (non-hydrogen) atoms. The third-order valence-electron chi connectivity index (χ3n) is 1.40. The van der Waals surface area contributed by atoms with E-state index in [9.17, 15) is 4.39 Å². The van der Waals surface area contributed by atoms with Crippen LogP contribution in [0.2, 0.25) is 0 Å². The van der Waals surface area contributed by atoms with Crippen LogP contribution in [0.1, 0.15) is 26.7 Å². The Kier molecular flexibility index (Phi) is 6.53. The number of halogens is 1. The van der Waals surface area contributed by atoms with Gasteiger partial charge in [0.2, 0.25) is 0 Å². The highest BCUT2D eigenvalue weighted by atomic mass is 19.1. The van der Waals surface area contributed by atoms with Crippen LogP contribution >= 0.6 is 0 Å². The van der Waals surface area contributed by atoms with E-state index in [1.807, 2.05) is 13.0 Å². The Bertz CT molecular complexity index is 266. The first-order valence-electron chi connectivity index (χ1n) is 4.34. The third kappa shape index (κ3) is 5.86. The second-order valence-corrected chi connectivity index (χ2v) is 2.59. The summed E-state index contributed by atoms with van der Waals surface area (Å²) in [7, 11) is 0. The van der Waals surface area contributed by atoms with Gasteiger partial charge in [0.05, 0.1) is 11.6 Å². The van der Waals surface area contributed by atoms with Crippen LogP contribution in [-0.4, -0.2) is 0 Å². The molecule has 0 spiro atoms. The summed E-state index contributed by atoms with van der Waals surface area (Å²) >= 11 is 0. The van der Waals surface area contributed by atoms with E-state index >= 15 is 0 Å². The van der Waals surface area contributed by atoms with Gasteiger partial charge in [-0.1, -0.05) is 19.4 Å². The van der Waals surface area contributed by atoms with Crippen molar-refractivity contribution in [3.63, 3.8) is 0 Å². The Balaban J connectivity index is 4.43. The minimum Gasteiger partial charge on any atom is -0.207 e. The first-order valence-corrected chi connectivity index (χ1v) is 4.34. The van der Waals surface area contributed by atoms with Crippen LogP contribution in [0.15, 0.2) is 35.7 Å². The fourth-order valence-corrected chi connectivity index (χ4v) is 0.787. The summed E-state index contributed by atoms with van der Waals surface area (Å²) in [5, 5.41) is 8.57. The van der Waals surface area contributed by atoms with Gasteiger partial charge in [0.25, 0.3) is 0 Å². The zero-order valence-corrected chi connectivity index (χ0v) is 8.05. The fourth-order valence-electron chi connectivity index (χ4n) is 0.787. The van der Waals surface area contributed by atoms with Crippen molar-refractivity contribution in [2.45, 2.75) is 26.7 Å². The van der Waals surface area contributed by atoms with E-state index in [4.69, 9.17) is 5.26 Å². The molecule has 0 aromatic carbocycles. The molecule has 0 N–H and O–H groups in total. The molecule has 0 amide bonds.